The number of pyridine rings is 1. The van der Waals surface area contributed by atoms with Gasteiger partial charge >= 0.3 is 0 Å². The smallest absolute Gasteiger partial charge is 0.288 e. The first-order valence-corrected chi connectivity index (χ1v) is 4.31. The first kappa shape index (κ1) is 8.89. The average molecular weight is 194 g/mol. The highest BCUT2D eigenvalue weighted by molar-refractivity contribution is 5.47. The number of anilines is 1. The number of nitrogens with zero attached hydrogens (tertiary/aromatic N) is 2. The van der Waals surface area contributed by atoms with E-state index in [4.69, 9.17) is 5.73 Å². The molecule has 0 saturated carbocycles. The van der Waals surface area contributed by atoms with Gasteiger partial charge in [-0.05, 0) is 13.0 Å². The number of nitrogens with one attached hydrogen (secondary N) is 1. The van der Waals surface area contributed by atoms with Gasteiger partial charge in [0.05, 0.1) is 4.92 Å². The Morgan fingerprint density at radius 2 is 2.43 bits per heavy atom. The van der Waals surface area contributed by atoms with Crippen LogP contribution in [0.3, 0.4) is 0 Å². The lowest BCUT2D eigenvalue weighted by Crippen LogP contribution is -2.35. The van der Waals surface area contributed by atoms with Crippen molar-refractivity contribution in [3.63, 3.8) is 0 Å². The molecule has 1 fully saturated rings. The predicted molar refractivity (Wildman–Crippen MR) is 50.7 cm³/mol. The molecule has 1 aliphatic rings. The van der Waals surface area contributed by atoms with E-state index < -0.39 is 4.92 Å². The predicted octanol–water partition coefficient (Wildman–Crippen LogP) is 0.606. The summed E-state index contributed by atoms with van der Waals surface area (Å²) >= 11 is 0. The van der Waals surface area contributed by atoms with Gasteiger partial charge in [0.15, 0.2) is 0 Å². The zero-order valence-electron chi connectivity index (χ0n) is 7.43. The van der Waals surface area contributed by atoms with Gasteiger partial charge in [0.1, 0.15) is 12.0 Å². The van der Waals surface area contributed by atoms with Crippen LogP contribution in [0.15, 0.2) is 12.3 Å². The van der Waals surface area contributed by atoms with E-state index in [0.29, 0.717) is 5.82 Å². The Hall–Kier alpha value is -1.69. The van der Waals surface area contributed by atoms with Crippen LogP contribution in [0.25, 0.3) is 0 Å². The van der Waals surface area contributed by atoms with Crippen molar-refractivity contribution in [1.29, 1.82) is 0 Å². The third-order valence-electron chi connectivity index (χ3n) is 2.35. The molecule has 0 amide bonds. The highest BCUT2D eigenvalue weighted by Crippen LogP contribution is 2.28. The number of nitrogens with two attached hydrogens (primary N) is 1. The number of hydrogen-bond donors (Lipinski definition) is 2. The van der Waals surface area contributed by atoms with E-state index in [0.717, 1.165) is 18.5 Å². The van der Waals surface area contributed by atoms with Crippen molar-refractivity contribution in [3.05, 3.63) is 27.9 Å². The van der Waals surface area contributed by atoms with Crippen LogP contribution < -0.4 is 11.1 Å². The van der Waals surface area contributed by atoms with E-state index in [2.05, 4.69) is 10.3 Å². The number of rotatable bonds is 2. The minimum absolute atomic E-state index is 0.0112. The quantitative estimate of drug-likeness (QED) is 0.531. The second-order valence-electron chi connectivity index (χ2n) is 3.22. The molecule has 0 aromatic carbocycles. The monoisotopic (exact) mass is 194 g/mol. The molecule has 0 radical (unpaired) electrons. The van der Waals surface area contributed by atoms with E-state index in [9.17, 15) is 10.1 Å². The first-order valence-electron chi connectivity index (χ1n) is 4.31. The molecule has 0 aliphatic carbocycles. The Morgan fingerprint density at radius 3 is 2.93 bits per heavy atom. The highest BCUT2D eigenvalue weighted by Gasteiger charge is 2.23. The summed E-state index contributed by atoms with van der Waals surface area (Å²) in [5.74, 6) is 0.368. The Morgan fingerprint density at radius 1 is 1.71 bits per heavy atom. The molecule has 0 spiro atoms. The van der Waals surface area contributed by atoms with Crippen molar-refractivity contribution in [1.82, 2.24) is 10.3 Å². The van der Waals surface area contributed by atoms with Crippen molar-refractivity contribution in [3.8, 4) is 0 Å². The minimum atomic E-state index is -0.464. The van der Waals surface area contributed by atoms with E-state index in [1.807, 2.05) is 0 Å². The molecule has 2 heterocycles. The summed E-state index contributed by atoms with van der Waals surface area (Å²) in [6, 6.07) is 1.61. The molecule has 6 heteroatoms. The van der Waals surface area contributed by atoms with Gasteiger partial charge in [0.2, 0.25) is 0 Å². The maximum Gasteiger partial charge on any atom is 0.288 e. The summed E-state index contributed by atoms with van der Waals surface area (Å²) in [4.78, 5) is 13.8. The summed E-state index contributed by atoms with van der Waals surface area (Å²) in [6.07, 6.45) is 2.13. The Kier molecular flexibility index (Phi) is 2.05. The molecule has 1 saturated heterocycles. The number of nitro groups is 1. The maximum atomic E-state index is 10.5. The standard InChI is InChI=1S/C8H10N4O2/c9-8-6(7-1-2-10-7)3-5(4-11-8)12(13)14/h3-4,7,10H,1-2H2,(H2,9,11). The van der Waals surface area contributed by atoms with Crippen molar-refractivity contribution in [2.75, 3.05) is 12.3 Å². The fourth-order valence-electron chi connectivity index (χ4n) is 1.41. The van der Waals surface area contributed by atoms with Crippen LogP contribution in [0, 0.1) is 10.1 Å². The number of nitrogen functional groups attached to an aromatic ring is 1. The van der Waals surface area contributed by atoms with Gasteiger partial charge in [-0.25, -0.2) is 4.98 Å². The van der Waals surface area contributed by atoms with Crippen LogP contribution >= 0.6 is 0 Å². The summed E-state index contributed by atoms with van der Waals surface area (Å²) < 4.78 is 0. The van der Waals surface area contributed by atoms with Crippen LogP contribution in [0.4, 0.5) is 11.5 Å². The number of hydrogen-bond acceptors (Lipinski definition) is 5. The minimum Gasteiger partial charge on any atom is -0.383 e. The molecule has 2 rings (SSSR count). The molecule has 0 bridgehead atoms. The van der Waals surface area contributed by atoms with Gasteiger partial charge in [0, 0.05) is 17.7 Å². The van der Waals surface area contributed by atoms with Crippen LogP contribution in [0.1, 0.15) is 18.0 Å². The fourth-order valence-corrected chi connectivity index (χ4v) is 1.41. The molecule has 1 unspecified atom stereocenters. The third-order valence-corrected chi connectivity index (χ3v) is 2.35. The zero-order chi connectivity index (χ0) is 10.1. The Bertz CT molecular complexity index is 376. The van der Waals surface area contributed by atoms with Crippen LogP contribution in [-0.2, 0) is 0 Å². The van der Waals surface area contributed by atoms with Gasteiger partial charge in [-0.15, -0.1) is 0 Å². The molecule has 1 aromatic heterocycles. The van der Waals surface area contributed by atoms with E-state index in [-0.39, 0.29) is 11.7 Å². The summed E-state index contributed by atoms with van der Waals surface area (Å²) in [6.45, 7) is 0.923. The molecule has 1 atom stereocenters. The summed E-state index contributed by atoms with van der Waals surface area (Å²) in [5, 5.41) is 13.6. The van der Waals surface area contributed by atoms with Crippen molar-refractivity contribution in [2.45, 2.75) is 12.5 Å². The van der Waals surface area contributed by atoms with E-state index >= 15 is 0 Å². The summed E-state index contributed by atoms with van der Waals surface area (Å²) in [5.41, 5.74) is 6.34. The average Bonchev–Trinajstić information content (AvgIpc) is 2.05. The molecule has 14 heavy (non-hydrogen) atoms. The van der Waals surface area contributed by atoms with Crippen LogP contribution in [-0.4, -0.2) is 16.5 Å². The first-order chi connectivity index (χ1) is 6.68. The molecule has 1 aromatic rings. The second-order valence-corrected chi connectivity index (χ2v) is 3.22. The lowest BCUT2D eigenvalue weighted by molar-refractivity contribution is -0.385. The molecular formula is C8H10N4O2. The normalized spacial score (nSPS) is 20.1. The molecule has 74 valence electrons. The van der Waals surface area contributed by atoms with Gasteiger partial charge in [-0.3, -0.25) is 10.1 Å². The third kappa shape index (κ3) is 1.39. The molecule has 1 aliphatic heterocycles. The topological polar surface area (TPSA) is 94.1 Å². The van der Waals surface area contributed by atoms with E-state index in [1.165, 1.54) is 12.3 Å². The second kappa shape index (κ2) is 3.22. The lowest BCUT2D eigenvalue weighted by atomic mass is 9.98. The Balaban J connectivity index is 2.36. The van der Waals surface area contributed by atoms with Gasteiger partial charge in [-0.1, -0.05) is 0 Å². The largest absolute Gasteiger partial charge is 0.383 e. The molecule has 3 N–H and O–H groups in total. The fraction of sp³-hybridized carbons (Fsp3) is 0.375. The van der Waals surface area contributed by atoms with Crippen molar-refractivity contribution in [2.24, 2.45) is 0 Å². The van der Waals surface area contributed by atoms with Crippen LogP contribution in [0.5, 0.6) is 0 Å². The van der Waals surface area contributed by atoms with Gasteiger partial charge in [0.25, 0.3) is 5.69 Å². The van der Waals surface area contributed by atoms with Crippen molar-refractivity contribution >= 4 is 11.5 Å². The highest BCUT2D eigenvalue weighted by atomic mass is 16.6. The summed E-state index contributed by atoms with van der Waals surface area (Å²) in [7, 11) is 0. The number of aromatic nitrogens is 1. The van der Waals surface area contributed by atoms with Gasteiger partial charge < -0.3 is 11.1 Å². The van der Waals surface area contributed by atoms with Gasteiger partial charge in [-0.2, -0.15) is 0 Å². The van der Waals surface area contributed by atoms with Crippen LogP contribution in [0.2, 0.25) is 0 Å². The zero-order valence-corrected chi connectivity index (χ0v) is 7.43. The SMILES string of the molecule is Nc1ncc([N+](=O)[O-])cc1C1CCN1. The maximum absolute atomic E-state index is 10.5. The molecular weight excluding hydrogens is 184 g/mol. The van der Waals surface area contributed by atoms with Crippen molar-refractivity contribution < 1.29 is 4.92 Å². The Labute approximate surface area is 80.3 Å². The lowest BCUT2D eigenvalue weighted by Gasteiger charge is -2.28. The molecule has 6 nitrogen and oxygen atoms in total. The van der Waals surface area contributed by atoms with E-state index in [1.54, 1.807) is 0 Å².